The number of rotatable bonds is 7. The number of carbonyl (C=O) groups is 1. The molecule has 1 fully saturated rings. The average molecular weight is 360 g/mol. The van der Waals surface area contributed by atoms with Crippen molar-refractivity contribution in [1.82, 2.24) is 15.5 Å². The zero-order valence-electron chi connectivity index (χ0n) is 16.4. The molecule has 1 heterocycles. The Morgan fingerprint density at radius 2 is 2.00 bits per heavy atom. The molecule has 2 N–H and O–H groups in total. The highest BCUT2D eigenvalue weighted by Crippen LogP contribution is 2.15. The second-order valence-corrected chi connectivity index (χ2v) is 6.71. The van der Waals surface area contributed by atoms with Gasteiger partial charge in [0.25, 0.3) is 0 Å². The summed E-state index contributed by atoms with van der Waals surface area (Å²) in [5.74, 6) is 0.832. The Morgan fingerprint density at radius 3 is 2.65 bits per heavy atom. The third-order valence-corrected chi connectivity index (χ3v) is 4.76. The maximum Gasteiger partial charge on any atom is 0.241 e. The van der Waals surface area contributed by atoms with Crippen LogP contribution in [0.4, 0.5) is 5.69 Å². The maximum absolute atomic E-state index is 12.2. The highest BCUT2D eigenvalue weighted by Gasteiger charge is 2.16. The van der Waals surface area contributed by atoms with Crippen molar-refractivity contribution in [1.29, 1.82) is 0 Å². The van der Waals surface area contributed by atoms with Gasteiger partial charge in [-0.25, -0.2) is 0 Å². The second kappa shape index (κ2) is 10.7. The summed E-state index contributed by atoms with van der Waals surface area (Å²) in [7, 11) is 1.73. The van der Waals surface area contributed by atoms with Gasteiger partial charge in [-0.2, -0.15) is 0 Å². The molecule has 1 saturated heterocycles. The van der Waals surface area contributed by atoms with E-state index >= 15 is 0 Å². The lowest BCUT2D eigenvalue weighted by Gasteiger charge is -2.27. The van der Waals surface area contributed by atoms with Crippen LogP contribution in [0.3, 0.4) is 0 Å². The molecule has 144 valence electrons. The molecule has 2 rings (SSSR count). The molecule has 0 aliphatic carbocycles. The second-order valence-electron chi connectivity index (χ2n) is 6.71. The summed E-state index contributed by atoms with van der Waals surface area (Å²) in [6.45, 7) is 8.93. The molecule has 1 aromatic carbocycles. The van der Waals surface area contributed by atoms with Crippen LogP contribution in [0, 0.1) is 6.92 Å². The van der Waals surface area contributed by atoms with Crippen LogP contribution in [-0.4, -0.2) is 63.1 Å². The minimum Gasteiger partial charge on any atom is -0.370 e. The molecule has 1 aliphatic rings. The van der Waals surface area contributed by atoms with Gasteiger partial charge in [0, 0.05) is 45.5 Å². The highest BCUT2D eigenvalue weighted by atomic mass is 16.2. The van der Waals surface area contributed by atoms with E-state index in [0.717, 1.165) is 45.6 Å². The van der Waals surface area contributed by atoms with Gasteiger partial charge in [0.1, 0.15) is 0 Å². The molecule has 0 unspecified atom stereocenters. The van der Waals surface area contributed by atoms with Gasteiger partial charge in [-0.1, -0.05) is 12.1 Å². The van der Waals surface area contributed by atoms with Gasteiger partial charge >= 0.3 is 0 Å². The Kier molecular flexibility index (Phi) is 8.25. The summed E-state index contributed by atoms with van der Waals surface area (Å²) in [4.78, 5) is 20.7. The first kappa shape index (κ1) is 20.1. The van der Waals surface area contributed by atoms with Crippen molar-refractivity contribution in [2.75, 3.05) is 51.2 Å². The van der Waals surface area contributed by atoms with Crippen LogP contribution in [0.2, 0.25) is 0 Å². The van der Waals surface area contributed by atoms with E-state index in [4.69, 9.17) is 0 Å². The van der Waals surface area contributed by atoms with Crippen molar-refractivity contribution in [3.63, 3.8) is 0 Å². The van der Waals surface area contributed by atoms with Gasteiger partial charge in [0.15, 0.2) is 5.96 Å². The van der Waals surface area contributed by atoms with Crippen LogP contribution in [0.15, 0.2) is 29.3 Å². The first-order valence-electron chi connectivity index (χ1n) is 9.68. The van der Waals surface area contributed by atoms with Gasteiger partial charge in [0.05, 0.1) is 6.54 Å². The first-order chi connectivity index (χ1) is 12.6. The zero-order chi connectivity index (χ0) is 18.8. The van der Waals surface area contributed by atoms with Crippen molar-refractivity contribution < 1.29 is 4.79 Å². The minimum absolute atomic E-state index is 0.155. The molecule has 0 spiro atoms. The molecule has 0 saturated carbocycles. The number of guanidine groups is 1. The summed E-state index contributed by atoms with van der Waals surface area (Å²) < 4.78 is 0. The molecule has 0 bridgehead atoms. The van der Waals surface area contributed by atoms with Crippen LogP contribution >= 0.6 is 0 Å². The largest absolute Gasteiger partial charge is 0.370 e. The Hall–Kier alpha value is -2.24. The summed E-state index contributed by atoms with van der Waals surface area (Å²) in [6, 6.07) is 8.54. The zero-order valence-corrected chi connectivity index (χ0v) is 16.4. The molecule has 26 heavy (non-hydrogen) atoms. The quantitative estimate of drug-likeness (QED) is 0.577. The van der Waals surface area contributed by atoms with E-state index in [9.17, 15) is 4.79 Å². The van der Waals surface area contributed by atoms with Gasteiger partial charge < -0.3 is 20.4 Å². The third kappa shape index (κ3) is 6.24. The van der Waals surface area contributed by atoms with Crippen LogP contribution in [0.1, 0.15) is 31.7 Å². The van der Waals surface area contributed by atoms with Gasteiger partial charge in [0.2, 0.25) is 5.91 Å². The predicted octanol–water partition coefficient (Wildman–Crippen LogP) is 2.00. The number of benzene rings is 1. The fourth-order valence-corrected chi connectivity index (χ4v) is 3.24. The molecule has 6 heteroatoms. The maximum atomic E-state index is 12.2. The van der Waals surface area contributed by atoms with E-state index in [1.807, 2.05) is 4.90 Å². The lowest BCUT2D eigenvalue weighted by molar-refractivity contribution is -0.130. The van der Waals surface area contributed by atoms with Gasteiger partial charge in [-0.05, 0) is 50.8 Å². The normalized spacial score (nSPS) is 14.9. The SMILES string of the molecule is CCN(CCNC(=NC)NCC(=O)N1CCCCC1)c1cccc(C)c1. The number of hydrogen-bond donors (Lipinski definition) is 2. The summed E-state index contributed by atoms with van der Waals surface area (Å²) in [6.07, 6.45) is 3.46. The Morgan fingerprint density at radius 1 is 1.23 bits per heavy atom. The number of nitrogens with zero attached hydrogens (tertiary/aromatic N) is 3. The summed E-state index contributed by atoms with van der Waals surface area (Å²) in [5.41, 5.74) is 2.50. The first-order valence-corrected chi connectivity index (χ1v) is 9.68. The van der Waals surface area contributed by atoms with E-state index in [-0.39, 0.29) is 5.91 Å². The molecule has 1 amide bonds. The van der Waals surface area contributed by atoms with Crippen LogP contribution in [0.25, 0.3) is 0 Å². The third-order valence-electron chi connectivity index (χ3n) is 4.76. The van der Waals surface area contributed by atoms with Crippen molar-refractivity contribution in [3.05, 3.63) is 29.8 Å². The molecular weight excluding hydrogens is 326 g/mol. The van der Waals surface area contributed by atoms with Crippen LogP contribution in [0.5, 0.6) is 0 Å². The fourth-order valence-electron chi connectivity index (χ4n) is 3.24. The van der Waals surface area contributed by atoms with Crippen molar-refractivity contribution in [2.45, 2.75) is 33.1 Å². The molecular formula is C20H33N5O. The van der Waals surface area contributed by atoms with E-state index in [1.54, 1.807) is 7.05 Å². The fraction of sp³-hybridized carbons (Fsp3) is 0.600. The van der Waals surface area contributed by atoms with Crippen molar-refractivity contribution in [2.24, 2.45) is 4.99 Å². The topological polar surface area (TPSA) is 60.0 Å². The molecule has 6 nitrogen and oxygen atoms in total. The minimum atomic E-state index is 0.155. The molecule has 1 aromatic rings. The van der Waals surface area contributed by atoms with E-state index < -0.39 is 0 Å². The Labute approximate surface area is 157 Å². The molecule has 1 aliphatic heterocycles. The van der Waals surface area contributed by atoms with E-state index in [1.165, 1.54) is 17.7 Å². The average Bonchev–Trinajstić information content (AvgIpc) is 2.68. The number of carbonyl (C=O) groups excluding carboxylic acids is 1. The number of hydrogen-bond acceptors (Lipinski definition) is 3. The lowest BCUT2D eigenvalue weighted by atomic mass is 10.1. The van der Waals surface area contributed by atoms with E-state index in [2.05, 4.69) is 58.6 Å². The predicted molar refractivity (Wildman–Crippen MR) is 109 cm³/mol. The van der Waals surface area contributed by atoms with Crippen LogP contribution in [-0.2, 0) is 4.79 Å². The number of likely N-dealkylation sites (N-methyl/N-ethyl adjacent to an activating group) is 1. The lowest BCUT2D eigenvalue weighted by Crippen LogP contribution is -2.47. The Bertz CT molecular complexity index is 596. The van der Waals surface area contributed by atoms with Gasteiger partial charge in [-0.3, -0.25) is 9.79 Å². The van der Waals surface area contributed by atoms with Crippen molar-refractivity contribution >= 4 is 17.6 Å². The monoisotopic (exact) mass is 359 g/mol. The van der Waals surface area contributed by atoms with Crippen LogP contribution < -0.4 is 15.5 Å². The highest BCUT2D eigenvalue weighted by molar-refractivity contribution is 5.86. The molecule has 0 radical (unpaired) electrons. The molecule has 0 aromatic heterocycles. The number of nitrogens with one attached hydrogen (secondary N) is 2. The number of anilines is 1. The Balaban J connectivity index is 1.74. The summed E-state index contributed by atoms with van der Waals surface area (Å²) in [5, 5.41) is 6.44. The number of piperidine rings is 1. The standard InChI is InChI=1S/C20H33N5O/c1-4-24(18-10-8-9-17(2)15-18)14-11-22-20(21-3)23-16-19(26)25-12-6-5-7-13-25/h8-10,15H,4-7,11-14,16H2,1-3H3,(H2,21,22,23). The number of aliphatic imine (C=N–C) groups is 1. The molecule has 0 atom stereocenters. The smallest absolute Gasteiger partial charge is 0.241 e. The van der Waals surface area contributed by atoms with E-state index in [0.29, 0.717) is 12.5 Å². The number of amides is 1. The summed E-state index contributed by atoms with van der Waals surface area (Å²) >= 11 is 0. The number of aryl methyl sites for hydroxylation is 1. The van der Waals surface area contributed by atoms with Crippen molar-refractivity contribution in [3.8, 4) is 0 Å². The number of likely N-dealkylation sites (tertiary alicyclic amines) is 1. The van der Waals surface area contributed by atoms with Gasteiger partial charge in [-0.15, -0.1) is 0 Å².